The molecule has 0 saturated heterocycles. The highest BCUT2D eigenvalue weighted by Gasteiger charge is 2.14. The molecular weight excluding hydrogens is 338 g/mol. The van der Waals surface area contributed by atoms with E-state index in [-0.39, 0.29) is 11.5 Å². The fourth-order valence-electron chi connectivity index (χ4n) is 1.84. The summed E-state index contributed by atoms with van der Waals surface area (Å²) in [7, 11) is 1.81. The molecule has 0 aliphatic rings. The second kappa shape index (κ2) is 6.51. The maximum atomic E-state index is 10.9. The van der Waals surface area contributed by atoms with E-state index in [0.29, 0.717) is 12.4 Å². The summed E-state index contributed by atoms with van der Waals surface area (Å²) in [4.78, 5) is 16.5. The molecule has 110 valence electrons. The normalized spacial score (nSPS) is 10.2. The zero-order valence-electron chi connectivity index (χ0n) is 11.3. The molecule has 1 aromatic heterocycles. The Morgan fingerprint density at radius 3 is 2.76 bits per heavy atom. The number of nitrogens with one attached hydrogen (secondary N) is 1. The van der Waals surface area contributed by atoms with Crippen molar-refractivity contribution in [3.05, 3.63) is 56.5 Å². The second-order valence-electron chi connectivity index (χ2n) is 4.42. The minimum Gasteiger partial charge on any atom is -0.355 e. The molecular formula is C13H14BrN5O2. The first-order valence-electron chi connectivity index (χ1n) is 6.09. The number of rotatable bonds is 5. The van der Waals surface area contributed by atoms with Gasteiger partial charge in [-0.1, -0.05) is 34.1 Å². The van der Waals surface area contributed by atoms with Crippen LogP contribution in [0, 0.1) is 10.1 Å². The molecule has 0 radical (unpaired) electrons. The molecule has 21 heavy (non-hydrogen) atoms. The monoisotopic (exact) mass is 351 g/mol. The van der Waals surface area contributed by atoms with E-state index in [9.17, 15) is 10.1 Å². The molecule has 1 heterocycles. The number of halogens is 1. The minimum absolute atomic E-state index is 0.0630. The highest BCUT2D eigenvalue weighted by molar-refractivity contribution is 9.10. The smallest absolute Gasteiger partial charge is 0.276 e. The van der Waals surface area contributed by atoms with Crippen molar-refractivity contribution in [3.63, 3.8) is 0 Å². The number of nitrogens with two attached hydrogens (primary N) is 1. The summed E-state index contributed by atoms with van der Waals surface area (Å²) >= 11 is 3.48. The summed E-state index contributed by atoms with van der Waals surface area (Å²) in [6.45, 7) is 0.555. The number of benzene rings is 1. The van der Waals surface area contributed by atoms with Crippen LogP contribution in [0.5, 0.6) is 0 Å². The zero-order chi connectivity index (χ0) is 15.4. The van der Waals surface area contributed by atoms with Gasteiger partial charge < -0.3 is 10.3 Å². The Kier molecular flexibility index (Phi) is 4.71. The standard InChI is InChI=1S/C13H14BrN5O2/c1-18(8-9-4-2-3-5-11(9)14)13-7-10(19(20)21)6-12(16-13)17-15/h2-7H,8,15H2,1H3,(H,16,17). The number of aromatic nitrogens is 1. The van der Waals surface area contributed by atoms with Crippen molar-refractivity contribution >= 4 is 33.3 Å². The van der Waals surface area contributed by atoms with E-state index in [1.807, 2.05) is 36.2 Å². The van der Waals surface area contributed by atoms with Crippen molar-refractivity contribution in [2.75, 3.05) is 17.4 Å². The molecule has 8 heteroatoms. The maximum Gasteiger partial charge on any atom is 0.276 e. The van der Waals surface area contributed by atoms with Gasteiger partial charge in [0.05, 0.1) is 17.1 Å². The minimum atomic E-state index is -0.474. The molecule has 0 aliphatic heterocycles. The van der Waals surface area contributed by atoms with Crippen LogP contribution in [-0.2, 0) is 6.54 Å². The van der Waals surface area contributed by atoms with Gasteiger partial charge in [0.1, 0.15) is 11.6 Å². The summed E-state index contributed by atoms with van der Waals surface area (Å²) in [6, 6.07) is 10.5. The van der Waals surface area contributed by atoms with Crippen LogP contribution >= 0.6 is 15.9 Å². The number of anilines is 2. The lowest BCUT2D eigenvalue weighted by Crippen LogP contribution is -2.19. The lowest BCUT2D eigenvalue weighted by molar-refractivity contribution is -0.384. The molecule has 0 spiro atoms. The number of nitrogen functional groups attached to an aromatic ring is 1. The van der Waals surface area contributed by atoms with Gasteiger partial charge in [-0.3, -0.25) is 10.1 Å². The van der Waals surface area contributed by atoms with Crippen LogP contribution in [0.25, 0.3) is 0 Å². The molecule has 0 fully saturated rings. The van der Waals surface area contributed by atoms with Crippen LogP contribution in [0.1, 0.15) is 5.56 Å². The first kappa shape index (κ1) is 15.2. The first-order valence-corrected chi connectivity index (χ1v) is 6.88. The molecule has 7 nitrogen and oxygen atoms in total. The predicted molar refractivity (Wildman–Crippen MR) is 85.0 cm³/mol. The van der Waals surface area contributed by atoms with Crippen LogP contribution in [0.15, 0.2) is 40.9 Å². The Labute approximate surface area is 130 Å². The summed E-state index contributed by atoms with van der Waals surface area (Å²) in [6.07, 6.45) is 0. The van der Waals surface area contributed by atoms with Crippen LogP contribution in [0.2, 0.25) is 0 Å². The van der Waals surface area contributed by atoms with E-state index in [2.05, 4.69) is 26.3 Å². The maximum absolute atomic E-state index is 10.9. The molecule has 2 aromatic rings. The number of hydrazine groups is 1. The van der Waals surface area contributed by atoms with Gasteiger partial charge in [-0.25, -0.2) is 10.8 Å². The zero-order valence-corrected chi connectivity index (χ0v) is 12.9. The second-order valence-corrected chi connectivity index (χ2v) is 5.27. The summed E-state index contributed by atoms with van der Waals surface area (Å²) in [5.41, 5.74) is 3.33. The van der Waals surface area contributed by atoms with Crippen LogP contribution < -0.4 is 16.2 Å². The van der Waals surface area contributed by atoms with Crippen molar-refractivity contribution < 1.29 is 4.92 Å². The van der Waals surface area contributed by atoms with Crippen LogP contribution in [0.3, 0.4) is 0 Å². The number of hydrogen-bond donors (Lipinski definition) is 2. The molecule has 0 aliphatic carbocycles. The van der Waals surface area contributed by atoms with Crippen molar-refractivity contribution in [1.82, 2.24) is 4.98 Å². The lowest BCUT2D eigenvalue weighted by atomic mass is 10.2. The summed E-state index contributed by atoms with van der Waals surface area (Å²) in [5.74, 6) is 6.02. The van der Waals surface area contributed by atoms with Gasteiger partial charge in [-0.2, -0.15) is 0 Å². The SMILES string of the molecule is CN(Cc1ccccc1Br)c1cc([N+](=O)[O-])cc(NN)n1. The van der Waals surface area contributed by atoms with Gasteiger partial charge in [0.25, 0.3) is 5.69 Å². The van der Waals surface area contributed by atoms with Gasteiger partial charge in [-0.05, 0) is 11.6 Å². The molecule has 0 amide bonds. The van der Waals surface area contributed by atoms with Crippen LogP contribution in [-0.4, -0.2) is 17.0 Å². The third-order valence-electron chi connectivity index (χ3n) is 2.91. The average Bonchev–Trinajstić information content (AvgIpc) is 2.49. The highest BCUT2D eigenvalue weighted by atomic mass is 79.9. The molecule has 0 atom stereocenters. The largest absolute Gasteiger partial charge is 0.355 e. The van der Waals surface area contributed by atoms with Gasteiger partial charge in [0, 0.05) is 18.1 Å². The number of hydrogen-bond acceptors (Lipinski definition) is 6. The van der Waals surface area contributed by atoms with Gasteiger partial charge in [0.2, 0.25) is 0 Å². The van der Waals surface area contributed by atoms with Crippen molar-refractivity contribution in [1.29, 1.82) is 0 Å². The average molecular weight is 352 g/mol. The summed E-state index contributed by atoms with van der Waals surface area (Å²) in [5, 5.41) is 10.9. The molecule has 0 saturated carbocycles. The van der Waals surface area contributed by atoms with E-state index < -0.39 is 4.92 Å². The third kappa shape index (κ3) is 3.67. The summed E-state index contributed by atoms with van der Waals surface area (Å²) < 4.78 is 0.972. The van der Waals surface area contributed by atoms with Gasteiger partial charge >= 0.3 is 0 Å². The fourth-order valence-corrected chi connectivity index (χ4v) is 2.25. The van der Waals surface area contributed by atoms with E-state index in [1.54, 1.807) is 0 Å². The van der Waals surface area contributed by atoms with E-state index in [0.717, 1.165) is 10.0 Å². The van der Waals surface area contributed by atoms with E-state index in [4.69, 9.17) is 5.84 Å². The lowest BCUT2D eigenvalue weighted by Gasteiger charge is -2.19. The highest BCUT2D eigenvalue weighted by Crippen LogP contribution is 2.25. The Hall–Kier alpha value is -2.19. The van der Waals surface area contributed by atoms with Crippen molar-refractivity contribution in [2.24, 2.45) is 5.84 Å². The Morgan fingerprint density at radius 2 is 2.14 bits per heavy atom. The molecule has 1 aromatic carbocycles. The fraction of sp³-hybridized carbons (Fsp3) is 0.154. The molecule has 3 N–H and O–H groups in total. The van der Waals surface area contributed by atoms with E-state index >= 15 is 0 Å². The molecule has 0 unspecified atom stereocenters. The van der Waals surface area contributed by atoms with Gasteiger partial charge in [-0.15, -0.1) is 0 Å². The van der Waals surface area contributed by atoms with Crippen molar-refractivity contribution in [2.45, 2.75) is 6.54 Å². The number of nitrogens with zero attached hydrogens (tertiary/aromatic N) is 3. The first-order chi connectivity index (χ1) is 10.0. The topological polar surface area (TPSA) is 97.3 Å². The number of nitro groups is 1. The Balaban J connectivity index is 2.30. The Bertz CT molecular complexity index is 665. The van der Waals surface area contributed by atoms with E-state index in [1.165, 1.54) is 12.1 Å². The molecule has 0 bridgehead atoms. The van der Waals surface area contributed by atoms with Crippen molar-refractivity contribution in [3.8, 4) is 0 Å². The number of pyridine rings is 1. The Morgan fingerprint density at radius 1 is 1.43 bits per heavy atom. The van der Waals surface area contributed by atoms with Gasteiger partial charge in [0.15, 0.2) is 0 Å². The van der Waals surface area contributed by atoms with Crippen LogP contribution in [0.4, 0.5) is 17.3 Å². The predicted octanol–water partition coefficient (Wildman–Crippen LogP) is 2.67. The quantitative estimate of drug-likeness (QED) is 0.488. The third-order valence-corrected chi connectivity index (χ3v) is 3.69. The molecule has 2 rings (SSSR count).